The fourth-order valence-electron chi connectivity index (χ4n) is 2.47. The largest absolute Gasteiger partial charge is 0.481 e. The number of aromatic nitrogens is 4. The second kappa shape index (κ2) is 7.73. The molecule has 0 bridgehead atoms. The number of aryl methyl sites for hydroxylation is 2. The molecule has 0 saturated heterocycles. The van der Waals surface area contributed by atoms with Gasteiger partial charge in [0.25, 0.3) is 5.56 Å². The second-order valence-electron chi connectivity index (χ2n) is 5.69. The van der Waals surface area contributed by atoms with E-state index in [1.807, 2.05) is 6.92 Å². The van der Waals surface area contributed by atoms with Gasteiger partial charge in [-0.3, -0.25) is 19.4 Å². The van der Waals surface area contributed by atoms with E-state index >= 15 is 0 Å². The van der Waals surface area contributed by atoms with Crippen molar-refractivity contribution in [2.45, 2.75) is 46.5 Å². The molecular weight excluding hydrogens is 326 g/mol. The summed E-state index contributed by atoms with van der Waals surface area (Å²) >= 11 is 0. The van der Waals surface area contributed by atoms with Crippen LogP contribution < -0.4 is 10.9 Å². The molecule has 0 saturated carbocycles. The maximum atomic E-state index is 12.1. The van der Waals surface area contributed by atoms with Crippen LogP contribution in [0, 0.1) is 13.8 Å². The summed E-state index contributed by atoms with van der Waals surface area (Å²) in [5.74, 6) is -0.688. The minimum absolute atomic E-state index is 0.0712. The van der Waals surface area contributed by atoms with Gasteiger partial charge in [0, 0.05) is 30.2 Å². The number of aliphatic carboxylic acids is 1. The first kappa shape index (κ1) is 18.4. The van der Waals surface area contributed by atoms with Gasteiger partial charge in [-0.1, -0.05) is 6.92 Å². The van der Waals surface area contributed by atoms with Crippen LogP contribution >= 0.6 is 0 Å². The highest BCUT2D eigenvalue weighted by Crippen LogP contribution is 2.15. The summed E-state index contributed by atoms with van der Waals surface area (Å²) in [6.45, 7) is 5.37. The van der Waals surface area contributed by atoms with Crippen LogP contribution in [0.2, 0.25) is 0 Å². The van der Waals surface area contributed by atoms with Crippen molar-refractivity contribution in [2.75, 3.05) is 5.32 Å². The van der Waals surface area contributed by atoms with Crippen LogP contribution in [0.25, 0.3) is 5.95 Å². The van der Waals surface area contributed by atoms with Crippen LogP contribution in [0.3, 0.4) is 0 Å². The number of aromatic amines is 1. The molecule has 2 aromatic rings. The van der Waals surface area contributed by atoms with E-state index in [2.05, 4.69) is 20.4 Å². The van der Waals surface area contributed by atoms with Crippen LogP contribution in [0.15, 0.2) is 10.9 Å². The summed E-state index contributed by atoms with van der Waals surface area (Å²) < 4.78 is 1.36. The molecule has 2 aromatic heterocycles. The molecule has 134 valence electrons. The molecule has 9 heteroatoms. The summed E-state index contributed by atoms with van der Waals surface area (Å²) in [5.41, 5.74) is 1.61. The van der Waals surface area contributed by atoms with Crippen molar-refractivity contribution < 1.29 is 14.7 Å². The van der Waals surface area contributed by atoms with Crippen LogP contribution in [0.4, 0.5) is 5.82 Å². The molecule has 0 aliphatic rings. The second-order valence-corrected chi connectivity index (χ2v) is 5.69. The molecule has 0 aromatic carbocycles. The van der Waals surface area contributed by atoms with Crippen molar-refractivity contribution in [1.29, 1.82) is 0 Å². The highest BCUT2D eigenvalue weighted by atomic mass is 16.4. The number of nitrogens with zero attached hydrogens (tertiary/aromatic N) is 3. The number of hydrogen-bond acceptors (Lipinski definition) is 5. The Labute approximate surface area is 144 Å². The average Bonchev–Trinajstić information content (AvgIpc) is 2.87. The summed E-state index contributed by atoms with van der Waals surface area (Å²) in [5, 5.41) is 15.6. The van der Waals surface area contributed by atoms with Gasteiger partial charge in [0.15, 0.2) is 0 Å². The van der Waals surface area contributed by atoms with E-state index in [1.165, 1.54) is 4.68 Å². The molecule has 0 aliphatic heterocycles. The van der Waals surface area contributed by atoms with E-state index in [0.717, 1.165) is 0 Å². The number of carboxylic acids is 1. The maximum absolute atomic E-state index is 12.1. The molecule has 0 fully saturated rings. The number of nitrogens with one attached hydrogen (secondary N) is 2. The number of carboxylic acid groups (broad SMARTS) is 1. The Morgan fingerprint density at radius 2 is 2.04 bits per heavy atom. The predicted molar refractivity (Wildman–Crippen MR) is 90.9 cm³/mol. The number of carbonyl (C=O) groups excluding carboxylic acids is 1. The van der Waals surface area contributed by atoms with E-state index in [0.29, 0.717) is 29.2 Å². The average molecular weight is 347 g/mol. The molecule has 25 heavy (non-hydrogen) atoms. The number of carbonyl (C=O) groups is 2. The third-order valence-electron chi connectivity index (χ3n) is 3.66. The van der Waals surface area contributed by atoms with Gasteiger partial charge in [-0.25, -0.2) is 4.98 Å². The predicted octanol–water partition coefficient (Wildman–Crippen LogP) is 1.33. The van der Waals surface area contributed by atoms with Gasteiger partial charge in [0.1, 0.15) is 5.82 Å². The molecule has 0 unspecified atom stereocenters. The molecular formula is C16H21N5O4. The summed E-state index contributed by atoms with van der Waals surface area (Å²) in [7, 11) is 0. The molecule has 0 radical (unpaired) electrons. The Morgan fingerprint density at radius 3 is 2.64 bits per heavy atom. The summed E-state index contributed by atoms with van der Waals surface area (Å²) in [6.07, 6.45) is 0.819. The maximum Gasteiger partial charge on any atom is 0.303 e. The number of hydrogen-bond donors (Lipinski definition) is 3. The van der Waals surface area contributed by atoms with E-state index < -0.39 is 5.97 Å². The van der Waals surface area contributed by atoms with Gasteiger partial charge >= 0.3 is 5.97 Å². The Morgan fingerprint density at radius 1 is 1.32 bits per heavy atom. The number of H-pyrrole nitrogens is 1. The van der Waals surface area contributed by atoms with Crippen molar-refractivity contribution >= 4 is 17.7 Å². The van der Waals surface area contributed by atoms with Crippen molar-refractivity contribution in [2.24, 2.45) is 0 Å². The number of anilines is 1. The van der Waals surface area contributed by atoms with Gasteiger partial charge in [-0.05, 0) is 26.7 Å². The monoisotopic (exact) mass is 347 g/mol. The van der Waals surface area contributed by atoms with Gasteiger partial charge in [0.05, 0.1) is 5.69 Å². The SMILES string of the molecule is CCc1c(C)nc(-n2nc(C)cc2NC(=O)CCCC(=O)O)[nH]c1=O. The molecule has 1 amide bonds. The molecule has 0 aliphatic carbocycles. The molecule has 2 heterocycles. The van der Waals surface area contributed by atoms with E-state index in [1.54, 1.807) is 19.9 Å². The summed E-state index contributed by atoms with van der Waals surface area (Å²) in [4.78, 5) is 41.7. The first-order valence-electron chi connectivity index (χ1n) is 8.00. The highest BCUT2D eigenvalue weighted by Gasteiger charge is 2.15. The zero-order valence-electron chi connectivity index (χ0n) is 14.4. The molecule has 2 rings (SSSR count). The lowest BCUT2D eigenvalue weighted by molar-refractivity contribution is -0.137. The lowest BCUT2D eigenvalue weighted by Crippen LogP contribution is -2.21. The highest BCUT2D eigenvalue weighted by molar-refractivity contribution is 5.90. The zero-order chi connectivity index (χ0) is 18.6. The zero-order valence-corrected chi connectivity index (χ0v) is 14.4. The Kier molecular flexibility index (Phi) is 5.68. The van der Waals surface area contributed by atoms with Crippen LogP contribution in [0.1, 0.15) is 43.1 Å². The number of amides is 1. The standard InChI is InChI=1S/C16H21N5O4/c1-4-11-10(3)17-16(19-15(11)25)21-12(8-9(2)20-21)18-13(22)6-5-7-14(23)24/h8H,4-7H2,1-3H3,(H,18,22)(H,23,24)(H,17,19,25). The van der Waals surface area contributed by atoms with Gasteiger partial charge < -0.3 is 10.4 Å². The van der Waals surface area contributed by atoms with E-state index in [-0.39, 0.29) is 36.7 Å². The fourth-order valence-corrected chi connectivity index (χ4v) is 2.47. The van der Waals surface area contributed by atoms with Gasteiger partial charge in [-0.15, -0.1) is 0 Å². The van der Waals surface area contributed by atoms with Crippen LogP contribution in [0.5, 0.6) is 0 Å². The quantitative estimate of drug-likeness (QED) is 0.692. The molecule has 0 spiro atoms. The first-order valence-corrected chi connectivity index (χ1v) is 8.00. The fraction of sp³-hybridized carbons (Fsp3) is 0.438. The minimum Gasteiger partial charge on any atom is -0.481 e. The summed E-state index contributed by atoms with van der Waals surface area (Å²) in [6, 6.07) is 1.65. The van der Waals surface area contributed by atoms with Crippen molar-refractivity contribution in [3.05, 3.63) is 33.4 Å². The van der Waals surface area contributed by atoms with Crippen LogP contribution in [-0.4, -0.2) is 36.7 Å². The minimum atomic E-state index is -0.943. The third-order valence-corrected chi connectivity index (χ3v) is 3.66. The van der Waals surface area contributed by atoms with E-state index in [9.17, 15) is 14.4 Å². The third kappa shape index (κ3) is 4.52. The Hall–Kier alpha value is -2.97. The lowest BCUT2D eigenvalue weighted by atomic mass is 10.2. The first-order chi connectivity index (χ1) is 11.8. The molecule has 9 nitrogen and oxygen atoms in total. The van der Waals surface area contributed by atoms with Crippen molar-refractivity contribution in [3.63, 3.8) is 0 Å². The smallest absolute Gasteiger partial charge is 0.303 e. The van der Waals surface area contributed by atoms with Crippen molar-refractivity contribution in [3.8, 4) is 5.95 Å². The topological polar surface area (TPSA) is 130 Å². The molecule has 0 atom stereocenters. The van der Waals surface area contributed by atoms with Gasteiger partial charge in [0.2, 0.25) is 11.9 Å². The van der Waals surface area contributed by atoms with Gasteiger partial charge in [-0.2, -0.15) is 9.78 Å². The van der Waals surface area contributed by atoms with E-state index in [4.69, 9.17) is 5.11 Å². The Balaban J connectivity index is 2.25. The van der Waals surface area contributed by atoms with Crippen LogP contribution in [-0.2, 0) is 16.0 Å². The normalized spacial score (nSPS) is 10.7. The lowest BCUT2D eigenvalue weighted by Gasteiger charge is -2.09. The molecule has 3 N–H and O–H groups in total. The van der Waals surface area contributed by atoms with Crippen molar-refractivity contribution in [1.82, 2.24) is 19.7 Å². The Bertz CT molecular complexity index is 853. The number of rotatable bonds is 7.